The number of carbonyl (C=O) groups is 2. The van der Waals surface area contributed by atoms with Gasteiger partial charge in [0.05, 0.1) is 17.2 Å². The van der Waals surface area contributed by atoms with E-state index in [-0.39, 0.29) is 11.3 Å². The van der Waals surface area contributed by atoms with Crippen LogP contribution in [-0.4, -0.2) is 11.9 Å². The number of allylic oxidation sites excluding steroid dienone is 1. The lowest BCUT2D eigenvalue weighted by Gasteiger charge is -2.29. The Bertz CT molecular complexity index is 973. The van der Waals surface area contributed by atoms with Gasteiger partial charge in [-0.05, 0) is 36.8 Å². The summed E-state index contributed by atoms with van der Waals surface area (Å²) in [5.74, 6) is -0.620. The van der Waals surface area contributed by atoms with E-state index in [1.165, 1.54) is 12.1 Å². The second-order valence-corrected chi connectivity index (χ2v) is 6.98. The Labute approximate surface area is 167 Å². The average molecular weight is 454 g/mol. The number of amides is 3. The lowest BCUT2D eigenvalue weighted by Crippen LogP contribution is -2.46. The molecule has 0 aromatic heterocycles. The summed E-state index contributed by atoms with van der Waals surface area (Å²) in [5, 5.41) is 7.69. The van der Waals surface area contributed by atoms with Crippen molar-refractivity contribution in [2.45, 2.75) is 19.1 Å². The number of carbonyl (C=O) groups excluding carboxylic acids is 2. The molecule has 146 valence electrons. The van der Waals surface area contributed by atoms with Gasteiger partial charge in [-0.2, -0.15) is 13.2 Å². The molecule has 1 unspecified atom stereocenters. The van der Waals surface area contributed by atoms with Crippen LogP contribution in [0.15, 0.2) is 64.3 Å². The van der Waals surface area contributed by atoms with Gasteiger partial charge in [0.15, 0.2) is 0 Å². The zero-order valence-electron chi connectivity index (χ0n) is 14.5. The first-order valence-corrected chi connectivity index (χ1v) is 8.97. The predicted octanol–water partition coefficient (Wildman–Crippen LogP) is 4.73. The molecule has 1 atom stereocenters. The van der Waals surface area contributed by atoms with Gasteiger partial charge in [-0.1, -0.05) is 40.2 Å². The van der Waals surface area contributed by atoms with E-state index in [2.05, 4.69) is 31.9 Å². The zero-order valence-corrected chi connectivity index (χ0v) is 16.1. The molecule has 0 spiro atoms. The SMILES string of the molecule is CC1=C(C(=O)Nc2cccc(C(F)(F)F)c2)C(c2ccccc2Br)NC(=O)N1. The average Bonchev–Trinajstić information content (AvgIpc) is 2.60. The Morgan fingerprint density at radius 1 is 1.14 bits per heavy atom. The number of hydrogen-bond donors (Lipinski definition) is 3. The van der Waals surface area contributed by atoms with Crippen LogP contribution in [0.25, 0.3) is 0 Å². The largest absolute Gasteiger partial charge is 0.416 e. The van der Waals surface area contributed by atoms with Crippen LogP contribution in [0.4, 0.5) is 23.7 Å². The summed E-state index contributed by atoms with van der Waals surface area (Å²) in [6.07, 6.45) is -4.52. The molecule has 9 heteroatoms. The third-order valence-electron chi connectivity index (χ3n) is 4.18. The maximum absolute atomic E-state index is 12.9. The van der Waals surface area contributed by atoms with Gasteiger partial charge in [0.1, 0.15) is 0 Å². The van der Waals surface area contributed by atoms with Gasteiger partial charge in [0.2, 0.25) is 0 Å². The number of rotatable bonds is 3. The molecular weight excluding hydrogens is 439 g/mol. The summed E-state index contributed by atoms with van der Waals surface area (Å²) >= 11 is 3.40. The number of benzene rings is 2. The molecule has 5 nitrogen and oxygen atoms in total. The number of anilines is 1. The van der Waals surface area contributed by atoms with Crippen LogP contribution in [0.3, 0.4) is 0 Å². The lowest BCUT2D eigenvalue weighted by molar-refractivity contribution is -0.137. The Morgan fingerprint density at radius 2 is 1.86 bits per heavy atom. The summed E-state index contributed by atoms with van der Waals surface area (Å²) in [6, 6.07) is 10.2. The van der Waals surface area contributed by atoms with E-state index in [0.29, 0.717) is 15.7 Å². The summed E-state index contributed by atoms with van der Waals surface area (Å²) < 4.78 is 39.4. The number of alkyl halides is 3. The molecule has 2 aromatic carbocycles. The van der Waals surface area contributed by atoms with E-state index in [4.69, 9.17) is 0 Å². The molecule has 1 aliphatic heterocycles. The molecule has 0 fully saturated rings. The highest BCUT2D eigenvalue weighted by atomic mass is 79.9. The van der Waals surface area contributed by atoms with Crippen molar-refractivity contribution >= 4 is 33.6 Å². The summed E-state index contributed by atoms with van der Waals surface area (Å²) in [6.45, 7) is 1.56. The van der Waals surface area contributed by atoms with E-state index in [9.17, 15) is 22.8 Å². The molecule has 0 radical (unpaired) electrons. The molecule has 2 aromatic rings. The van der Waals surface area contributed by atoms with Crippen molar-refractivity contribution in [3.63, 3.8) is 0 Å². The highest BCUT2D eigenvalue weighted by molar-refractivity contribution is 9.10. The van der Waals surface area contributed by atoms with Crippen LogP contribution < -0.4 is 16.0 Å². The van der Waals surface area contributed by atoms with Crippen molar-refractivity contribution in [2.24, 2.45) is 0 Å². The van der Waals surface area contributed by atoms with E-state index >= 15 is 0 Å². The molecule has 3 N–H and O–H groups in total. The van der Waals surface area contributed by atoms with Crippen molar-refractivity contribution in [2.75, 3.05) is 5.32 Å². The number of hydrogen-bond acceptors (Lipinski definition) is 2. The fourth-order valence-electron chi connectivity index (χ4n) is 2.91. The van der Waals surface area contributed by atoms with Gasteiger partial charge in [-0.15, -0.1) is 0 Å². The van der Waals surface area contributed by atoms with Crippen molar-refractivity contribution in [3.8, 4) is 0 Å². The lowest BCUT2D eigenvalue weighted by atomic mass is 9.95. The number of urea groups is 1. The van der Waals surface area contributed by atoms with Gasteiger partial charge in [-0.25, -0.2) is 4.79 Å². The smallest absolute Gasteiger partial charge is 0.327 e. The topological polar surface area (TPSA) is 70.2 Å². The summed E-state index contributed by atoms with van der Waals surface area (Å²) in [5.41, 5.74) is 0.292. The van der Waals surface area contributed by atoms with Crippen molar-refractivity contribution < 1.29 is 22.8 Å². The predicted molar refractivity (Wildman–Crippen MR) is 101 cm³/mol. The summed E-state index contributed by atoms with van der Waals surface area (Å²) in [4.78, 5) is 24.8. The number of nitrogens with one attached hydrogen (secondary N) is 3. The maximum Gasteiger partial charge on any atom is 0.416 e. The van der Waals surface area contributed by atoms with Crippen molar-refractivity contribution in [1.82, 2.24) is 10.6 Å². The molecule has 3 rings (SSSR count). The molecule has 0 aliphatic carbocycles. The molecule has 0 bridgehead atoms. The van der Waals surface area contributed by atoms with Gasteiger partial charge < -0.3 is 16.0 Å². The quantitative estimate of drug-likeness (QED) is 0.628. The third-order valence-corrected chi connectivity index (χ3v) is 4.90. The Balaban J connectivity index is 1.95. The van der Waals surface area contributed by atoms with Crippen LogP contribution in [0, 0.1) is 0 Å². The van der Waals surface area contributed by atoms with Crippen LogP contribution in [0.1, 0.15) is 24.1 Å². The minimum Gasteiger partial charge on any atom is -0.327 e. The van der Waals surface area contributed by atoms with Crippen LogP contribution >= 0.6 is 15.9 Å². The molecule has 1 heterocycles. The van der Waals surface area contributed by atoms with Gasteiger partial charge in [0.25, 0.3) is 5.91 Å². The Morgan fingerprint density at radius 3 is 2.54 bits per heavy atom. The summed E-state index contributed by atoms with van der Waals surface area (Å²) in [7, 11) is 0. The Kier molecular flexibility index (Phi) is 5.46. The van der Waals surface area contributed by atoms with E-state index < -0.39 is 29.7 Å². The van der Waals surface area contributed by atoms with Crippen molar-refractivity contribution in [3.05, 3.63) is 75.4 Å². The van der Waals surface area contributed by atoms with Crippen molar-refractivity contribution in [1.29, 1.82) is 0 Å². The van der Waals surface area contributed by atoms with E-state index in [1.54, 1.807) is 31.2 Å². The minimum atomic E-state index is -4.52. The fourth-order valence-corrected chi connectivity index (χ4v) is 3.42. The van der Waals surface area contributed by atoms with Gasteiger partial charge in [-0.3, -0.25) is 4.79 Å². The monoisotopic (exact) mass is 453 g/mol. The minimum absolute atomic E-state index is 0.00269. The fraction of sp³-hybridized carbons (Fsp3) is 0.158. The third kappa shape index (κ3) is 4.19. The first-order valence-electron chi connectivity index (χ1n) is 8.18. The first kappa shape index (κ1) is 19.9. The normalized spacial score (nSPS) is 17.0. The zero-order chi connectivity index (χ0) is 20.5. The van der Waals surface area contributed by atoms with Crippen LogP contribution in [0.2, 0.25) is 0 Å². The highest BCUT2D eigenvalue weighted by Crippen LogP contribution is 2.33. The molecule has 1 aliphatic rings. The maximum atomic E-state index is 12.9. The number of halogens is 4. The van der Waals surface area contributed by atoms with Gasteiger partial charge in [0, 0.05) is 15.9 Å². The molecule has 28 heavy (non-hydrogen) atoms. The Hall–Kier alpha value is -2.81. The van der Waals surface area contributed by atoms with Gasteiger partial charge >= 0.3 is 12.2 Å². The van der Waals surface area contributed by atoms with E-state index in [1.807, 2.05) is 0 Å². The van der Waals surface area contributed by atoms with Crippen LogP contribution in [0.5, 0.6) is 0 Å². The second-order valence-electron chi connectivity index (χ2n) is 6.12. The second kappa shape index (κ2) is 7.67. The molecule has 3 amide bonds. The molecule has 0 saturated heterocycles. The molecule has 0 saturated carbocycles. The van der Waals surface area contributed by atoms with Crippen LogP contribution in [-0.2, 0) is 11.0 Å². The standard InChI is InChI=1S/C19H15BrF3N3O2/c1-10-15(16(26-18(28)24-10)13-7-2-3-8-14(13)20)17(27)25-12-6-4-5-11(9-12)19(21,22)23/h2-9,16H,1H3,(H,25,27)(H2,24,26,28). The molecular formula is C19H15BrF3N3O2. The first-order chi connectivity index (χ1) is 13.2. The highest BCUT2D eigenvalue weighted by Gasteiger charge is 2.33. The van der Waals surface area contributed by atoms with E-state index in [0.717, 1.165) is 12.1 Å².